The Balaban J connectivity index is 1.49. The Morgan fingerprint density at radius 3 is 1.77 bits per heavy atom. The van der Waals surface area contributed by atoms with Crippen molar-refractivity contribution in [2.45, 2.75) is 23.4 Å². The second kappa shape index (κ2) is 12.1. The van der Waals surface area contributed by atoms with Crippen molar-refractivity contribution in [2.75, 3.05) is 26.2 Å². The minimum atomic E-state index is -4.02. The first-order valence-corrected chi connectivity index (χ1v) is 16.0. The molecule has 1 heterocycles. The van der Waals surface area contributed by atoms with Crippen LogP contribution in [0.25, 0.3) is 10.8 Å². The number of benzene rings is 5. The van der Waals surface area contributed by atoms with Gasteiger partial charge >= 0.3 is 5.97 Å². The summed E-state index contributed by atoms with van der Waals surface area (Å²) in [5.41, 5.74) is 2.30. The lowest BCUT2D eigenvalue weighted by molar-refractivity contribution is -0.150. The molecule has 6 rings (SSSR count). The number of piperazine rings is 1. The first-order chi connectivity index (χ1) is 21.0. The quantitative estimate of drug-likeness (QED) is 0.162. The van der Waals surface area contributed by atoms with Crippen molar-refractivity contribution in [2.24, 2.45) is 0 Å². The molecule has 0 aliphatic carbocycles. The van der Waals surface area contributed by atoms with Crippen LogP contribution in [0.5, 0.6) is 0 Å². The molecular formula is C36H34N2O4S. The van der Waals surface area contributed by atoms with Crippen LogP contribution in [0.1, 0.15) is 23.6 Å². The van der Waals surface area contributed by atoms with Gasteiger partial charge in [0.15, 0.2) is 0 Å². The summed E-state index contributed by atoms with van der Waals surface area (Å²) >= 11 is 0. The van der Waals surface area contributed by atoms with Gasteiger partial charge in [0, 0.05) is 19.6 Å². The molecule has 1 aliphatic heterocycles. The highest BCUT2D eigenvalue weighted by Gasteiger charge is 2.49. The monoisotopic (exact) mass is 590 g/mol. The van der Waals surface area contributed by atoms with E-state index in [1.165, 1.54) is 4.31 Å². The van der Waals surface area contributed by atoms with Crippen LogP contribution in [0, 0.1) is 0 Å². The number of ether oxygens (including phenoxy) is 1. The molecule has 0 aromatic heterocycles. The maximum absolute atomic E-state index is 14.2. The topological polar surface area (TPSA) is 66.9 Å². The zero-order chi connectivity index (χ0) is 29.9. The van der Waals surface area contributed by atoms with E-state index < -0.39 is 27.6 Å². The molecule has 1 aliphatic rings. The molecule has 43 heavy (non-hydrogen) atoms. The van der Waals surface area contributed by atoms with Crippen LogP contribution < -0.4 is 0 Å². The maximum atomic E-state index is 14.2. The lowest BCUT2D eigenvalue weighted by Crippen LogP contribution is -2.63. The van der Waals surface area contributed by atoms with Gasteiger partial charge in [0.2, 0.25) is 10.0 Å². The van der Waals surface area contributed by atoms with E-state index in [9.17, 15) is 13.2 Å². The van der Waals surface area contributed by atoms with Crippen molar-refractivity contribution in [3.63, 3.8) is 0 Å². The van der Waals surface area contributed by atoms with E-state index in [0.717, 1.165) is 27.5 Å². The Hall–Kier alpha value is -4.30. The fraction of sp³-hybridized carbons (Fsp3) is 0.194. The van der Waals surface area contributed by atoms with Gasteiger partial charge in [0.05, 0.1) is 17.0 Å². The van der Waals surface area contributed by atoms with Gasteiger partial charge < -0.3 is 4.74 Å². The Bertz CT molecular complexity index is 1720. The van der Waals surface area contributed by atoms with Crippen molar-refractivity contribution in [1.82, 2.24) is 9.21 Å². The molecule has 1 unspecified atom stereocenters. The van der Waals surface area contributed by atoms with Crippen LogP contribution in [0.3, 0.4) is 0 Å². The van der Waals surface area contributed by atoms with Crippen LogP contribution in [0.15, 0.2) is 138 Å². The van der Waals surface area contributed by atoms with E-state index in [1.807, 2.05) is 84.9 Å². The summed E-state index contributed by atoms with van der Waals surface area (Å²) in [6.07, 6.45) is 0. The average molecular weight is 591 g/mol. The summed E-state index contributed by atoms with van der Waals surface area (Å²) in [6.45, 7) is 2.54. The minimum Gasteiger partial charge on any atom is -0.465 e. The summed E-state index contributed by atoms with van der Waals surface area (Å²) in [5.74, 6) is -0.556. The third-order valence-corrected chi connectivity index (χ3v) is 10.2. The highest BCUT2D eigenvalue weighted by molar-refractivity contribution is 7.89. The maximum Gasteiger partial charge on any atom is 0.325 e. The van der Waals surface area contributed by atoms with Crippen molar-refractivity contribution in [1.29, 1.82) is 0 Å². The highest BCUT2D eigenvalue weighted by atomic mass is 32.2. The fourth-order valence-corrected chi connectivity index (χ4v) is 7.93. The van der Waals surface area contributed by atoms with Gasteiger partial charge in [-0.2, -0.15) is 4.31 Å². The summed E-state index contributed by atoms with van der Waals surface area (Å²) in [5, 5.41) is 1.78. The average Bonchev–Trinajstić information content (AvgIpc) is 3.06. The Kier molecular flexibility index (Phi) is 8.13. The largest absolute Gasteiger partial charge is 0.465 e. The molecule has 218 valence electrons. The van der Waals surface area contributed by atoms with Crippen LogP contribution in [-0.2, 0) is 25.1 Å². The number of hydrogen-bond donors (Lipinski definition) is 0. The lowest BCUT2D eigenvalue weighted by Gasteiger charge is -2.50. The number of carbonyl (C=O) groups is 1. The smallest absolute Gasteiger partial charge is 0.325 e. The van der Waals surface area contributed by atoms with Crippen molar-refractivity contribution < 1.29 is 17.9 Å². The fourth-order valence-electron chi connectivity index (χ4n) is 6.34. The van der Waals surface area contributed by atoms with Crippen molar-refractivity contribution >= 4 is 26.8 Å². The molecule has 7 heteroatoms. The first kappa shape index (κ1) is 28.8. The van der Waals surface area contributed by atoms with Gasteiger partial charge in [0.1, 0.15) is 6.04 Å². The van der Waals surface area contributed by atoms with Gasteiger partial charge in [-0.3, -0.25) is 9.69 Å². The Morgan fingerprint density at radius 2 is 1.23 bits per heavy atom. The van der Waals surface area contributed by atoms with Gasteiger partial charge in [-0.05, 0) is 46.5 Å². The molecule has 6 nitrogen and oxygen atoms in total. The van der Waals surface area contributed by atoms with Gasteiger partial charge in [-0.15, -0.1) is 0 Å². The molecule has 0 saturated carbocycles. The molecule has 0 N–H and O–H groups in total. The molecule has 1 atom stereocenters. The summed E-state index contributed by atoms with van der Waals surface area (Å²) in [6, 6.07) is 42.3. The van der Waals surface area contributed by atoms with E-state index >= 15 is 0 Å². The van der Waals surface area contributed by atoms with Crippen LogP contribution >= 0.6 is 0 Å². The van der Waals surface area contributed by atoms with E-state index in [2.05, 4.69) is 41.3 Å². The second-order valence-corrected chi connectivity index (χ2v) is 12.5. The predicted molar refractivity (Wildman–Crippen MR) is 169 cm³/mol. The number of nitrogens with zero attached hydrogens (tertiary/aromatic N) is 2. The second-order valence-electron chi connectivity index (χ2n) is 10.6. The number of fused-ring (bicyclic) bond motifs is 1. The molecule has 0 radical (unpaired) electrons. The first-order valence-electron chi connectivity index (χ1n) is 14.5. The van der Waals surface area contributed by atoms with E-state index in [4.69, 9.17) is 4.74 Å². The number of esters is 1. The zero-order valence-electron chi connectivity index (χ0n) is 24.0. The minimum absolute atomic E-state index is 0.118. The zero-order valence-corrected chi connectivity index (χ0v) is 24.9. The third-order valence-electron chi connectivity index (χ3n) is 8.27. The Labute approximate surface area is 253 Å². The van der Waals surface area contributed by atoms with Gasteiger partial charge in [0.25, 0.3) is 0 Å². The number of sulfonamides is 1. The molecule has 1 fully saturated rings. The van der Waals surface area contributed by atoms with E-state index in [0.29, 0.717) is 6.54 Å². The summed E-state index contributed by atoms with van der Waals surface area (Å²) in [7, 11) is -4.02. The van der Waals surface area contributed by atoms with Crippen molar-refractivity contribution in [3.05, 3.63) is 150 Å². The van der Waals surface area contributed by atoms with Gasteiger partial charge in [-0.1, -0.05) is 121 Å². The standard InChI is InChI=1S/C36H34N2O4S/c1-2-42-35(39)34-27-37(24-25-38(34)43(40,41)33-23-22-28-14-12-13-15-29(28)26-33)36(30-16-6-3-7-17-30,31-18-8-4-9-19-31)32-20-10-5-11-21-32/h3-23,26,34H,2,24-25,27H2,1H3. The number of rotatable bonds is 8. The normalized spacial score (nSPS) is 16.6. The number of carbonyl (C=O) groups excluding carboxylic acids is 1. The van der Waals surface area contributed by atoms with Gasteiger partial charge in [-0.25, -0.2) is 8.42 Å². The predicted octanol–water partition coefficient (Wildman–Crippen LogP) is 6.07. The lowest BCUT2D eigenvalue weighted by atomic mass is 9.75. The van der Waals surface area contributed by atoms with Crippen molar-refractivity contribution in [3.8, 4) is 0 Å². The Morgan fingerprint density at radius 1 is 0.721 bits per heavy atom. The molecule has 0 spiro atoms. The van der Waals surface area contributed by atoms with Crippen LogP contribution in [0.4, 0.5) is 0 Å². The molecule has 0 amide bonds. The molecule has 1 saturated heterocycles. The van der Waals surface area contributed by atoms with Crippen LogP contribution in [-0.4, -0.2) is 55.9 Å². The molecule has 5 aromatic carbocycles. The third kappa shape index (κ3) is 5.25. The molecule has 5 aromatic rings. The van der Waals surface area contributed by atoms with E-state index in [1.54, 1.807) is 19.1 Å². The number of hydrogen-bond acceptors (Lipinski definition) is 5. The summed E-state index contributed by atoms with van der Waals surface area (Å²) < 4.78 is 35.3. The van der Waals surface area contributed by atoms with Crippen LogP contribution in [0.2, 0.25) is 0 Å². The highest BCUT2D eigenvalue weighted by Crippen LogP contribution is 2.44. The molecule has 0 bridgehead atoms. The van der Waals surface area contributed by atoms with E-state index in [-0.39, 0.29) is 24.6 Å². The SMILES string of the molecule is CCOC(=O)C1CN(C(c2ccccc2)(c2ccccc2)c2ccccc2)CCN1S(=O)(=O)c1ccc2ccccc2c1. The summed E-state index contributed by atoms with van der Waals surface area (Å²) in [4.78, 5) is 16.0. The molecular weight excluding hydrogens is 556 g/mol.